The summed E-state index contributed by atoms with van der Waals surface area (Å²) in [6.07, 6.45) is 1.63. The Hall–Kier alpha value is -1.01. The van der Waals surface area contributed by atoms with Crippen LogP contribution < -0.4 is 10.6 Å². The van der Waals surface area contributed by atoms with Crippen molar-refractivity contribution < 1.29 is 9.00 Å². The first-order valence-corrected chi connectivity index (χ1v) is 9.37. The van der Waals surface area contributed by atoms with Crippen LogP contribution in [-0.2, 0) is 10.8 Å². The molecule has 1 aromatic carbocycles. The first-order chi connectivity index (χ1) is 9.65. The van der Waals surface area contributed by atoms with Crippen LogP contribution in [0, 0.1) is 0 Å². The van der Waals surface area contributed by atoms with Gasteiger partial charge in [0.05, 0.1) is 0 Å². The molecule has 0 aliphatic rings. The van der Waals surface area contributed by atoms with Gasteiger partial charge in [0.15, 0.2) is 0 Å². The lowest BCUT2D eigenvalue weighted by atomic mass is 10.3. The van der Waals surface area contributed by atoms with Gasteiger partial charge in [0.1, 0.15) is 0 Å². The fraction of sp³-hybridized carbons (Fsp3) is 0.533. The quantitative estimate of drug-likeness (QED) is 0.814. The number of benzene rings is 1. The standard InChI is InChI=1S/C15H24N2O2S2/c1-11(10-21(5)19)16-14(18)17-12-6-8-13(9-7-12)20-15(2,3)4/h6-9,11H,10H2,1-5H3,(H2,16,17,18)/t11-,21-/m0/s1. The Kier molecular flexibility index (Phi) is 6.74. The first kappa shape index (κ1) is 18.0. The van der Waals surface area contributed by atoms with Gasteiger partial charge in [-0.1, -0.05) is 20.8 Å². The third-order valence-corrected chi connectivity index (χ3v) is 4.49. The minimum absolute atomic E-state index is 0.119. The molecule has 0 aromatic heterocycles. The highest BCUT2D eigenvalue weighted by molar-refractivity contribution is 8.00. The lowest BCUT2D eigenvalue weighted by Gasteiger charge is -2.18. The number of hydrogen-bond acceptors (Lipinski definition) is 3. The van der Waals surface area contributed by atoms with Gasteiger partial charge in [0.2, 0.25) is 0 Å². The molecule has 2 atom stereocenters. The monoisotopic (exact) mass is 328 g/mol. The fourth-order valence-corrected chi connectivity index (χ4v) is 3.51. The molecule has 21 heavy (non-hydrogen) atoms. The molecule has 118 valence electrons. The Morgan fingerprint density at radius 1 is 1.29 bits per heavy atom. The van der Waals surface area contributed by atoms with Crippen LogP contribution in [0.15, 0.2) is 29.2 Å². The summed E-state index contributed by atoms with van der Waals surface area (Å²) in [6, 6.07) is 7.37. The van der Waals surface area contributed by atoms with Gasteiger partial charge in [0, 0.05) is 44.2 Å². The molecule has 1 aromatic rings. The Labute approximate surface area is 133 Å². The number of rotatable bonds is 5. The predicted molar refractivity (Wildman–Crippen MR) is 92.6 cm³/mol. The van der Waals surface area contributed by atoms with Gasteiger partial charge in [-0.15, -0.1) is 11.8 Å². The highest BCUT2D eigenvalue weighted by atomic mass is 32.2. The van der Waals surface area contributed by atoms with E-state index in [4.69, 9.17) is 0 Å². The fourth-order valence-electron chi connectivity index (χ4n) is 1.74. The summed E-state index contributed by atoms with van der Waals surface area (Å²) < 4.78 is 11.2. The predicted octanol–water partition coefficient (Wildman–Crippen LogP) is 3.47. The number of thioether (sulfide) groups is 1. The molecule has 4 nitrogen and oxygen atoms in total. The van der Waals surface area contributed by atoms with Crippen molar-refractivity contribution in [2.45, 2.75) is 43.4 Å². The van der Waals surface area contributed by atoms with Crippen LogP contribution in [0.25, 0.3) is 0 Å². The molecule has 0 heterocycles. The minimum atomic E-state index is -0.917. The van der Waals surface area contributed by atoms with Gasteiger partial charge < -0.3 is 10.6 Å². The average molecular weight is 329 g/mol. The summed E-state index contributed by atoms with van der Waals surface area (Å²) in [7, 11) is -0.917. The van der Waals surface area contributed by atoms with E-state index in [1.807, 2.05) is 31.2 Å². The topological polar surface area (TPSA) is 58.2 Å². The second kappa shape index (κ2) is 7.84. The van der Waals surface area contributed by atoms with Crippen molar-refractivity contribution in [2.75, 3.05) is 17.3 Å². The van der Waals surface area contributed by atoms with Crippen molar-refractivity contribution in [1.82, 2.24) is 5.32 Å². The Balaban J connectivity index is 2.52. The summed E-state index contributed by atoms with van der Waals surface area (Å²) in [4.78, 5) is 13.0. The second-order valence-corrected chi connectivity index (χ2v) is 9.36. The molecule has 0 aliphatic carbocycles. The van der Waals surface area contributed by atoms with Gasteiger partial charge in [-0.3, -0.25) is 4.21 Å². The summed E-state index contributed by atoms with van der Waals surface area (Å²) in [5.74, 6) is 0.453. The van der Waals surface area contributed by atoms with Crippen LogP contribution in [-0.4, -0.2) is 33.0 Å². The van der Waals surface area contributed by atoms with Crippen LogP contribution in [0.5, 0.6) is 0 Å². The van der Waals surface area contributed by atoms with Crippen LogP contribution >= 0.6 is 11.8 Å². The van der Waals surface area contributed by atoms with Gasteiger partial charge in [-0.2, -0.15) is 0 Å². The van der Waals surface area contributed by atoms with Gasteiger partial charge in [-0.05, 0) is 31.2 Å². The maximum atomic E-state index is 11.8. The minimum Gasteiger partial charge on any atom is -0.334 e. The Morgan fingerprint density at radius 2 is 1.86 bits per heavy atom. The maximum Gasteiger partial charge on any atom is 0.319 e. The van der Waals surface area contributed by atoms with E-state index >= 15 is 0 Å². The number of urea groups is 1. The molecule has 0 bridgehead atoms. The van der Waals surface area contributed by atoms with Crippen molar-refractivity contribution in [3.05, 3.63) is 24.3 Å². The van der Waals surface area contributed by atoms with Crippen LogP contribution in [0.1, 0.15) is 27.7 Å². The third kappa shape index (κ3) is 8.12. The van der Waals surface area contributed by atoms with E-state index in [-0.39, 0.29) is 16.8 Å². The van der Waals surface area contributed by atoms with Crippen LogP contribution in [0.4, 0.5) is 10.5 Å². The molecular formula is C15H24N2O2S2. The highest BCUT2D eigenvalue weighted by Crippen LogP contribution is 2.32. The zero-order valence-electron chi connectivity index (χ0n) is 13.2. The molecule has 0 saturated carbocycles. The summed E-state index contributed by atoms with van der Waals surface area (Å²) >= 11 is 1.78. The van der Waals surface area contributed by atoms with E-state index in [9.17, 15) is 9.00 Å². The molecule has 2 N–H and O–H groups in total. The van der Waals surface area contributed by atoms with Crippen molar-refractivity contribution in [2.24, 2.45) is 0 Å². The average Bonchev–Trinajstić information content (AvgIpc) is 2.28. The normalized spacial score (nSPS) is 14.3. The molecule has 6 heteroatoms. The molecular weight excluding hydrogens is 304 g/mol. The lowest BCUT2D eigenvalue weighted by molar-refractivity contribution is 0.250. The van der Waals surface area contributed by atoms with E-state index in [0.29, 0.717) is 5.75 Å². The molecule has 0 fully saturated rings. The number of carbonyl (C=O) groups is 1. The molecule has 0 aliphatic heterocycles. The highest BCUT2D eigenvalue weighted by Gasteiger charge is 2.12. The van der Waals surface area contributed by atoms with Gasteiger partial charge >= 0.3 is 6.03 Å². The molecule has 0 spiro atoms. The number of anilines is 1. The van der Waals surface area contributed by atoms with Crippen molar-refractivity contribution in [1.29, 1.82) is 0 Å². The summed E-state index contributed by atoms with van der Waals surface area (Å²) in [5.41, 5.74) is 0.746. The van der Waals surface area contributed by atoms with Crippen molar-refractivity contribution in [3.63, 3.8) is 0 Å². The zero-order valence-corrected chi connectivity index (χ0v) is 14.9. The Bertz CT molecular complexity index is 495. The largest absolute Gasteiger partial charge is 0.334 e. The molecule has 2 amide bonds. The molecule has 0 saturated heterocycles. The van der Waals surface area contributed by atoms with E-state index in [2.05, 4.69) is 31.4 Å². The van der Waals surface area contributed by atoms with Crippen molar-refractivity contribution >= 4 is 34.3 Å². The zero-order chi connectivity index (χ0) is 16.0. The third-order valence-electron chi connectivity index (χ3n) is 2.40. The van der Waals surface area contributed by atoms with E-state index in [0.717, 1.165) is 5.69 Å². The van der Waals surface area contributed by atoms with E-state index < -0.39 is 10.8 Å². The maximum absolute atomic E-state index is 11.8. The molecule has 0 unspecified atom stereocenters. The van der Waals surface area contributed by atoms with E-state index in [1.54, 1.807) is 18.0 Å². The summed E-state index contributed by atoms with van der Waals surface area (Å²) in [6.45, 7) is 8.33. The van der Waals surface area contributed by atoms with E-state index in [1.165, 1.54) is 4.90 Å². The van der Waals surface area contributed by atoms with Crippen LogP contribution in [0.3, 0.4) is 0 Å². The lowest BCUT2D eigenvalue weighted by Crippen LogP contribution is -2.39. The Morgan fingerprint density at radius 3 is 2.33 bits per heavy atom. The summed E-state index contributed by atoms with van der Waals surface area (Å²) in [5, 5.41) is 5.54. The molecule has 1 rings (SSSR count). The van der Waals surface area contributed by atoms with Gasteiger partial charge in [-0.25, -0.2) is 4.79 Å². The smallest absolute Gasteiger partial charge is 0.319 e. The number of amides is 2. The van der Waals surface area contributed by atoms with Crippen molar-refractivity contribution in [3.8, 4) is 0 Å². The second-order valence-electron chi connectivity index (χ2n) is 5.98. The van der Waals surface area contributed by atoms with Gasteiger partial charge in [0.25, 0.3) is 0 Å². The number of nitrogens with one attached hydrogen (secondary N) is 2. The first-order valence-electron chi connectivity index (χ1n) is 6.82. The van der Waals surface area contributed by atoms with Crippen LogP contribution in [0.2, 0.25) is 0 Å². The molecule has 0 radical (unpaired) electrons. The number of carbonyl (C=O) groups excluding carboxylic acids is 1. The number of hydrogen-bond donors (Lipinski definition) is 2. The SMILES string of the molecule is C[C@@H](C[S@](C)=O)NC(=O)Nc1ccc(SC(C)(C)C)cc1.